The Labute approximate surface area is 131 Å². The average molecular weight is 299 g/mol. The smallest absolute Gasteiger partial charge is 0.253 e. The zero-order chi connectivity index (χ0) is 15.7. The molecule has 1 aliphatic rings. The second-order valence-corrected chi connectivity index (χ2v) is 6.43. The topological polar surface area (TPSA) is 60.1 Å². The molecule has 0 saturated heterocycles. The van der Waals surface area contributed by atoms with Crippen molar-refractivity contribution in [2.45, 2.75) is 32.6 Å². The van der Waals surface area contributed by atoms with Crippen LogP contribution < -0.4 is 11.1 Å². The summed E-state index contributed by atoms with van der Waals surface area (Å²) in [7, 11) is 2.09. The fourth-order valence-corrected chi connectivity index (χ4v) is 3.60. The molecule has 0 bridgehead atoms. The highest BCUT2D eigenvalue weighted by Gasteiger charge is 2.24. The minimum atomic E-state index is 0.00467. The molecular formula is C18H25N3O. The van der Waals surface area contributed by atoms with E-state index in [-0.39, 0.29) is 5.91 Å². The molecule has 4 heteroatoms. The highest BCUT2D eigenvalue weighted by molar-refractivity contribution is 6.07. The van der Waals surface area contributed by atoms with Gasteiger partial charge in [-0.25, -0.2) is 0 Å². The molecule has 1 heterocycles. The number of nitrogens with one attached hydrogen (secondary N) is 1. The second-order valence-electron chi connectivity index (χ2n) is 6.43. The number of para-hydroxylation sites is 1. The standard InChI is InChI=1S/C18H25N3O/c1-12-7-8-16-15(11-12)13-5-3-6-14(17(13)21(16)2)18(22)20-10-4-9-19/h3,5-6,12H,4,7-11,19H2,1-2H3,(H,20,22). The highest BCUT2D eigenvalue weighted by atomic mass is 16.1. The lowest BCUT2D eigenvalue weighted by Gasteiger charge is -2.19. The van der Waals surface area contributed by atoms with Crippen molar-refractivity contribution in [3.63, 3.8) is 0 Å². The van der Waals surface area contributed by atoms with Crippen molar-refractivity contribution < 1.29 is 4.79 Å². The van der Waals surface area contributed by atoms with Crippen LogP contribution in [0.3, 0.4) is 0 Å². The van der Waals surface area contributed by atoms with Crippen molar-refractivity contribution >= 4 is 16.8 Å². The minimum Gasteiger partial charge on any atom is -0.352 e. The van der Waals surface area contributed by atoms with E-state index in [4.69, 9.17) is 5.73 Å². The van der Waals surface area contributed by atoms with Gasteiger partial charge in [0.25, 0.3) is 5.91 Å². The van der Waals surface area contributed by atoms with Crippen LogP contribution >= 0.6 is 0 Å². The number of carbonyl (C=O) groups is 1. The number of hydrogen-bond acceptors (Lipinski definition) is 2. The summed E-state index contributed by atoms with van der Waals surface area (Å²) >= 11 is 0. The van der Waals surface area contributed by atoms with Crippen LogP contribution in [0.25, 0.3) is 10.9 Å². The van der Waals surface area contributed by atoms with Gasteiger partial charge in [-0.1, -0.05) is 19.1 Å². The van der Waals surface area contributed by atoms with Crippen molar-refractivity contribution in [2.75, 3.05) is 13.1 Å². The fourth-order valence-electron chi connectivity index (χ4n) is 3.60. The lowest BCUT2D eigenvalue weighted by Crippen LogP contribution is -2.26. The van der Waals surface area contributed by atoms with Crippen LogP contribution in [0.1, 0.15) is 41.4 Å². The summed E-state index contributed by atoms with van der Waals surface area (Å²) < 4.78 is 2.23. The number of aryl methyl sites for hydroxylation is 1. The van der Waals surface area contributed by atoms with Gasteiger partial charge in [0.05, 0.1) is 11.1 Å². The van der Waals surface area contributed by atoms with Gasteiger partial charge in [-0.2, -0.15) is 0 Å². The largest absolute Gasteiger partial charge is 0.352 e. The van der Waals surface area contributed by atoms with Crippen LogP contribution in [0.4, 0.5) is 0 Å². The number of benzene rings is 1. The number of aromatic nitrogens is 1. The normalized spacial score (nSPS) is 17.5. The Bertz CT molecular complexity index is 702. The monoisotopic (exact) mass is 299 g/mol. The molecule has 0 radical (unpaired) electrons. The molecule has 1 amide bonds. The van der Waals surface area contributed by atoms with Gasteiger partial charge >= 0.3 is 0 Å². The van der Waals surface area contributed by atoms with Crippen molar-refractivity contribution in [1.29, 1.82) is 0 Å². The summed E-state index contributed by atoms with van der Waals surface area (Å²) in [6.07, 6.45) is 4.26. The number of amides is 1. The number of hydrogen-bond donors (Lipinski definition) is 2. The Morgan fingerprint density at radius 1 is 1.45 bits per heavy atom. The number of carbonyl (C=O) groups excluding carboxylic acids is 1. The van der Waals surface area contributed by atoms with Crippen LogP contribution in [-0.2, 0) is 19.9 Å². The van der Waals surface area contributed by atoms with E-state index in [1.165, 1.54) is 23.1 Å². The number of nitrogens with two attached hydrogens (primary N) is 1. The Balaban J connectivity index is 2.04. The van der Waals surface area contributed by atoms with Gasteiger partial charge < -0.3 is 15.6 Å². The molecular weight excluding hydrogens is 274 g/mol. The zero-order valence-corrected chi connectivity index (χ0v) is 13.5. The number of nitrogens with zero attached hydrogens (tertiary/aromatic N) is 1. The van der Waals surface area contributed by atoms with Gasteiger partial charge in [0.1, 0.15) is 0 Å². The third-order valence-electron chi connectivity index (χ3n) is 4.79. The van der Waals surface area contributed by atoms with E-state index in [1.54, 1.807) is 0 Å². The summed E-state index contributed by atoms with van der Waals surface area (Å²) in [6, 6.07) is 6.08. The molecule has 0 aliphatic heterocycles. The lowest BCUT2D eigenvalue weighted by atomic mass is 9.87. The minimum absolute atomic E-state index is 0.00467. The molecule has 1 aliphatic carbocycles. The summed E-state index contributed by atoms with van der Waals surface area (Å²) in [5.74, 6) is 0.727. The third kappa shape index (κ3) is 2.52. The van der Waals surface area contributed by atoms with Crippen molar-refractivity contribution in [1.82, 2.24) is 9.88 Å². The van der Waals surface area contributed by atoms with Crippen LogP contribution in [0, 0.1) is 5.92 Å². The van der Waals surface area contributed by atoms with E-state index in [0.717, 1.165) is 36.3 Å². The molecule has 1 unspecified atom stereocenters. The van der Waals surface area contributed by atoms with E-state index < -0.39 is 0 Å². The van der Waals surface area contributed by atoms with Gasteiger partial charge in [0, 0.05) is 24.7 Å². The van der Waals surface area contributed by atoms with E-state index in [9.17, 15) is 4.79 Å². The molecule has 3 N–H and O–H groups in total. The maximum atomic E-state index is 12.5. The Kier molecular flexibility index (Phi) is 4.21. The van der Waals surface area contributed by atoms with Crippen LogP contribution in [0.15, 0.2) is 18.2 Å². The number of fused-ring (bicyclic) bond motifs is 3. The maximum Gasteiger partial charge on any atom is 0.253 e. The molecule has 3 rings (SSSR count). The predicted octanol–water partition coefficient (Wildman–Crippen LogP) is 2.38. The first-order valence-corrected chi connectivity index (χ1v) is 8.21. The maximum absolute atomic E-state index is 12.5. The average Bonchev–Trinajstić information content (AvgIpc) is 2.80. The molecule has 1 aromatic carbocycles. The summed E-state index contributed by atoms with van der Waals surface area (Å²) in [5.41, 5.74) is 10.2. The molecule has 0 saturated carbocycles. The first kappa shape index (κ1) is 15.1. The highest BCUT2D eigenvalue weighted by Crippen LogP contribution is 2.34. The second kappa shape index (κ2) is 6.13. The van der Waals surface area contributed by atoms with Crippen LogP contribution in [0.5, 0.6) is 0 Å². The first-order valence-electron chi connectivity index (χ1n) is 8.21. The third-order valence-corrected chi connectivity index (χ3v) is 4.79. The SMILES string of the molecule is CC1CCc2c(c3cccc(C(=O)NCCCN)c3n2C)C1. The summed E-state index contributed by atoms with van der Waals surface area (Å²) in [6.45, 7) is 3.54. The van der Waals surface area contributed by atoms with Crippen molar-refractivity contribution in [3.8, 4) is 0 Å². The fraction of sp³-hybridized carbons (Fsp3) is 0.500. The van der Waals surface area contributed by atoms with Gasteiger partial charge in [0.2, 0.25) is 0 Å². The molecule has 22 heavy (non-hydrogen) atoms. The van der Waals surface area contributed by atoms with E-state index >= 15 is 0 Å². The Hall–Kier alpha value is -1.81. The molecule has 0 spiro atoms. The molecule has 0 fully saturated rings. The van der Waals surface area contributed by atoms with Crippen molar-refractivity contribution in [3.05, 3.63) is 35.0 Å². The van der Waals surface area contributed by atoms with Gasteiger partial charge in [-0.15, -0.1) is 0 Å². The summed E-state index contributed by atoms with van der Waals surface area (Å²) in [5, 5.41) is 4.22. The lowest BCUT2D eigenvalue weighted by molar-refractivity contribution is 0.0955. The zero-order valence-electron chi connectivity index (χ0n) is 13.5. The van der Waals surface area contributed by atoms with Crippen molar-refractivity contribution in [2.24, 2.45) is 18.7 Å². The Morgan fingerprint density at radius 2 is 2.27 bits per heavy atom. The van der Waals surface area contributed by atoms with E-state index in [0.29, 0.717) is 13.1 Å². The van der Waals surface area contributed by atoms with E-state index in [1.807, 2.05) is 12.1 Å². The quantitative estimate of drug-likeness (QED) is 0.852. The predicted molar refractivity (Wildman–Crippen MR) is 90.1 cm³/mol. The van der Waals surface area contributed by atoms with Gasteiger partial charge in [0.15, 0.2) is 0 Å². The first-order chi connectivity index (χ1) is 10.6. The molecule has 4 nitrogen and oxygen atoms in total. The molecule has 1 aromatic heterocycles. The van der Waals surface area contributed by atoms with Crippen LogP contribution in [-0.4, -0.2) is 23.6 Å². The van der Waals surface area contributed by atoms with E-state index in [2.05, 4.69) is 29.9 Å². The molecule has 118 valence electrons. The molecule has 1 atom stereocenters. The van der Waals surface area contributed by atoms with Gasteiger partial charge in [-0.3, -0.25) is 4.79 Å². The Morgan fingerprint density at radius 3 is 3.05 bits per heavy atom. The molecule has 2 aromatic rings. The van der Waals surface area contributed by atoms with Gasteiger partial charge in [-0.05, 0) is 49.8 Å². The van der Waals surface area contributed by atoms with Crippen LogP contribution in [0.2, 0.25) is 0 Å². The number of rotatable bonds is 4. The summed E-state index contributed by atoms with van der Waals surface area (Å²) in [4.78, 5) is 12.5.